The first-order valence-corrected chi connectivity index (χ1v) is 7.49. The number of aromatic nitrogens is 1. The molecule has 0 fully saturated rings. The van der Waals surface area contributed by atoms with Crippen LogP contribution in [0.4, 0.5) is 5.69 Å². The van der Waals surface area contributed by atoms with Crippen LogP contribution in [-0.2, 0) is 0 Å². The number of nitrogens with two attached hydrogens (primary N) is 1. The SMILES string of the molecule is NC(=NCCCCCOc1ccccc1)Nc1ccncc1. The number of para-hydroxylation sites is 1. The maximum atomic E-state index is 5.82. The number of pyridine rings is 1. The van der Waals surface area contributed by atoms with Crippen molar-refractivity contribution in [3.8, 4) is 5.75 Å². The summed E-state index contributed by atoms with van der Waals surface area (Å²) < 4.78 is 5.63. The van der Waals surface area contributed by atoms with Crippen LogP contribution in [0, 0.1) is 0 Å². The van der Waals surface area contributed by atoms with Gasteiger partial charge in [-0.25, -0.2) is 0 Å². The van der Waals surface area contributed by atoms with E-state index in [0.29, 0.717) is 5.96 Å². The van der Waals surface area contributed by atoms with Crippen LogP contribution >= 0.6 is 0 Å². The third-order valence-electron chi connectivity index (χ3n) is 3.05. The lowest BCUT2D eigenvalue weighted by Crippen LogP contribution is -2.22. The monoisotopic (exact) mass is 298 g/mol. The van der Waals surface area contributed by atoms with Crippen molar-refractivity contribution >= 4 is 11.6 Å². The van der Waals surface area contributed by atoms with Crippen molar-refractivity contribution < 1.29 is 4.74 Å². The number of aliphatic imine (C=N–C) groups is 1. The van der Waals surface area contributed by atoms with Crippen LogP contribution in [0.2, 0.25) is 0 Å². The van der Waals surface area contributed by atoms with Crippen LogP contribution in [0.25, 0.3) is 0 Å². The van der Waals surface area contributed by atoms with E-state index in [9.17, 15) is 0 Å². The van der Waals surface area contributed by atoms with Gasteiger partial charge in [-0.3, -0.25) is 9.98 Å². The van der Waals surface area contributed by atoms with Crippen LogP contribution in [0.1, 0.15) is 19.3 Å². The van der Waals surface area contributed by atoms with Gasteiger partial charge >= 0.3 is 0 Å². The summed E-state index contributed by atoms with van der Waals surface area (Å²) in [6.07, 6.45) is 6.50. The Morgan fingerprint density at radius 1 is 1.05 bits per heavy atom. The Morgan fingerprint density at radius 3 is 2.59 bits per heavy atom. The van der Waals surface area contributed by atoms with Crippen LogP contribution < -0.4 is 15.8 Å². The molecule has 1 heterocycles. The van der Waals surface area contributed by atoms with Crippen molar-refractivity contribution in [1.82, 2.24) is 4.98 Å². The molecule has 116 valence electrons. The highest BCUT2D eigenvalue weighted by Crippen LogP contribution is 2.09. The third kappa shape index (κ3) is 6.26. The van der Waals surface area contributed by atoms with E-state index >= 15 is 0 Å². The lowest BCUT2D eigenvalue weighted by molar-refractivity contribution is 0.305. The van der Waals surface area contributed by atoms with Gasteiger partial charge in [0, 0.05) is 24.6 Å². The molecule has 2 rings (SSSR count). The summed E-state index contributed by atoms with van der Waals surface area (Å²) >= 11 is 0. The lowest BCUT2D eigenvalue weighted by atomic mass is 10.2. The Kier molecular flexibility index (Phi) is 6.75. The van der Waals surface area contributed by atoms with Crippen molar-refractivity contribution in [1.29, 1.82) is 0 Å². The highest BCUT2D eigenvalue weighted by atomic mass is 16.5. The topological polar surface area (TPSA) is 72.5 Å². The largest absolute Gasteiger partial charge is 0.494 e. The zero-order chi connectivity index (χ0) is 15.5. The number of hydrogen-bond acceptors (Lipinski definition) is 3. The number of hydrogen-bond donors (Lipinski definition) is 2. The Balaban J connectivity index is 1.54. The molecule has 0 radical (unpaired) electrons. The zero-order valence-electron chi connectivity index (χ0n) is 12.6. The molecule has 5 heteroatoms. The number of rotatable bonds is 8. The summed E-state index contributed by atoms with van der Waals surface area (Å²) in [5, 5.41) is 3.03. The fraction of sp³-hybridized carbons (Fsp3) is 0.294. The summed E-state index contributed by atoms with van der Waals surface area (Å²) in [6, 6.07) is 13.6. The van der Waals surface area contributed by atoms with Crippen LogP contribution in [0.3, 0.4) is 0 Å². The van der Waals surface area contributed by atoms with Gasteiger partial charge in [-0.1, -0.05) is 18.2 Å². The van der Waals surface area contributed by atoms with E-state index in [4.69, 9.17) is 10.5 Å². The standard InChI is InChI=1S/C17H22N4O/c18-17(21-15-9-12-19-13-10-15)20-11-5-2-6-14-22-16-7-3-1-4-8-16/h1,3-4,7-10,12-13H,2,5-6,11,14H2,(H3,18,19,20,21). The van der Waals surface area contributed by atoms with Crippen molar-refractivity contribution in [3.63, 3.8) is 0 Å². The first-order chi connectivity index (χ1) is 10.8. The number of unbranched alkanes of at least 4 members (excludes halogenated alkanes) is 2. The first-order valence-electron chi connectivity index (χ1n) is 7.49. The summed E-state index contributed by atoms with van der Waals surface area (Å²) in [7, 11) is 0. The van der Waals surface area contributed by atoms with E-state index in [1.165, 1.54) is 0 Å². The van der Waals surface area contributed by atoms with Crippen molar-refractivity contribution in [2.45, 2.75) is 19.3 Å². The molecule has 0 atom stereocenters. The second-order valence-corrected chi connectivity index (χ2v) is 4.85. The van der Waals surface area contributed by atoms with Crippen LogP contribution in [-0.4, -0.2) is 24.1 Å². The van der Waals surface area contributed by atoms with Gasteiger partial charge in [0.2, 0.25) is 0 Å². The number of nitrogens with zero attached hydrogens (tertiary/aromatic N) is 2. The van der Waals surface area contributed by atoms with Gasteiger partial charge in [0.25, 0.3) is 0 Å². The molecule has 0 saturated heterocycles. The van der Waals surface area contributed by atoms with E-state index in [2.05, 4.69) is 15.3 Å². The quantitative estimate of drug-likeness (QED) is 0.446. The molecular weight excluding hydrogens is 276 g/mol. The normalized spacial score (nSPS) is 11.2. The van der Waals surface area contributed by atoms with Gasteiger partial charge in [0.15, 0.2) is 5.96 Å². The second-order valence-electron chi connectivity index (χ2n) is 4.85. The maximum Gasteiger partial charge on any atom is 0.193 e. The van der Waals surface area contributed by atoms with E-state index < -0.39 is 0 Å². The van der Waals surface area contributed by atoms with Gasteiger partial charge in [-0.15, -0.1) is 0 Å². The summed E-state index contributed by atoms with van der Waals surface area (Å²) in [4.78, 5) is 8.24. The second kappa shape index (κ2) is 9.39. The summed E-state index contributed by atoms with van der Waals surface area (Å²) in [6.45, 7) is 1.45. The number of anilines is 1. The predicted octanol–water partition coefficient (Wildman–Crippen LogP) is 3.06. The minimum absolute atomic E-state index is 0.437. The molecule has 1 aromatic heterocycles. The zero-order valence-corrected chi connectivity index (χ0v) is 12.6. The average molecular weight is 298 g/mol. The van der Waals surface area contributed by atoms with E-state index in [1.54, 1.807) is 12.4 Å². The molecule has 0 unspecified atom stereocenters. The van der Waals surface area contributed by atoms with E-state index in [0.717, 1.165) is 43.9 Å². The number of guanidine groups is 1. The van der Waals surface area contributed by atoms with Gasteiger partial charge < -0.3 is 15.8 Å². The van der Waals surface area contributed by atoms with Gasteiger partial charge in [0.1, 0.15) is 5.75 Å². The first kappa shape index (κ1) is 15.8. The molecule has 0 aliphatic heterocycles. The number of benzene rings is 1. The molecule has 0 spiro atoms. The molecule has 0 aliphatic carbocycles. The van der Waals surface area contributed by atoms with E-state index in [-0.39, 0.29) is 0 Å². The molecule has 0 amide bonds. The highest BCUT2D eigenvalue weighted by Gasteiger charge is 1.95. The van der Waals surface area contributed by atoms with Crippen LogP contribution in [0.5, 0.6) is 5.75 Å². The molecule has 2 aromatic rings. The molecule has 1 aromatic carbocycles. The number of nitrogens with one attached hydrogen (secondary N) is 1. The van der Waals surface area contributed by atoms with E-state index in [1.807, 2.05) is 42.5 Å². The predicted molar refractivity (Wildman–Crippen MR) is 90.1 cm³/mol. The van der Waals surface area contributed by atoms with Crippen molar-refractivity contribution in [3.05, 3.63) is 54.9 Å². The van der Waals surface area contributed by atoms with Gasteiger partial charge in [-0.2, -0.15) is 0 Å². The third-order valence-corrected chi connectivity index (χ3v) is 3.05. The fourth-order valence-corrected chi connectivity index (χ4v) is 1.92. The van der Waals surface area contributed by atoms with Crippen LogP contribution in [0.15, 0.2) is 59.9 Å². The Labute approximate surface area is 131 Å². The Hall–Kier alpha value is -2.56. The summed E-state index contributed by atoms with van der Waals surface area (Å²) in [5.74, 6) is 1.36. The fourth-order valence-electron chi connectivity index (χ4n) is 1.92. The molecule has 0 aliphatic rings. The maximum absolute atomic E-state index is 5.82. The Morgan fingerprint density at radius 2 is 1.82 bits per heavy atom. The van der Waals surface area contributed by atoms with Crippen molar-refractivity contribution in [2.75, 3.05) is 18.5 Å². The van der Waals surface area contributed by atoms with Crippen molar-refractivity contribution in [2.24, 2.45) is 10.7 Å². The summed E-state index contributed by atoms with van der Waals surface area (Å²) in [5.41, 5.74) is 6.71. The highest BCUT2D eigenvalue weighted by molar-refractivity contribution is 5.92. The number of ether oxygens (including phenoxy) is 1. The molecule has 22 heavy (non-hydrogen) atoms. The smallest absolute Gasteiger partial charge is 0.193 e. The minimum Gasteiger partial charge on any atom is -0.494 e. The van der Waals surface area contributed by atoms with Gasteiger partial charge in [0.05, 0.1) is 6.61 Å². The molecular formula is C17H22N4O. The average Bonchev–Trinajstić information content (AvgIpc) is 2.56. The lowest BCUT2D eigenvalue weighted by Gasteiger charge is -2.06. The molecule has 0 saturated carbocycles. The Bertz CT molecular complexity index is 557. The molecule has 3 N–H and O–H groups in total. The van der Waals surface area contributed by atoms with Gasteiger partial charge in [-0.05, 0) is 43.5 Å². The molecule has 5 nitrogen and oxygen atoms in total. The minimum atomic E-state index is 0.437. The molecule has 0 bridgehead atoms.